The lowest BCUT2D eigenvalue weighted by Gasteiger charge is -2.18. The average Bonchev–Trinajstić information content (AvgIpc) is 3.38. The lowest BCUT2D eigenvalue weighted by atomic mass is 10.1. The van der Waals surface area contributed by atoms with Gasteiger partial charge in [0.15, 0.2) is 11.9 Å². The van der Waals surface area contributed by atoms with Gasteiger partial charge in [0.1, 0.15) is 11.6 Å². The Morgan fingerprint density at radius 3 is 2.83 bits per heavy atom. The first kappa shape index (κ1) is 18.1. The number of anilines is 1. The molecule has 2 aromatic rings. The van der Waals surface area contributed by atoms with Crippen LogP contribution < -0.4 is 14.4 Å². The average molecular weight is 396 g/mol. The molecule has 1 saturated heterocycles. The van der Waals surface area contributed by atoms with Gasteiger partial charge in [-0.15, -0.1) is 0 Å². The van der Waals surface area contributed by atoms with Crippen LogP contribution in [0.1, 0.15) is 41.6 Å². The van der Waals surface area contributed by atoms with Gasteiger partial charge in [0, 0.05) is 42.9 Å². The lowest BCUT2D eigenvalue weighted by molar-refractivity contribution is -0.122. The zero-order valence-corrected chi connectivity index (χ0v) is 15.9. The van der Waals surface area contributed by atoms with E-state index in [-0.39, 0.29) is 11.7 Å². The summed E-state index contributed by atoms with van der Waals surface area (Å²) in [7, 11) is 0. The first-order valence-electron chi connectivity index (χ1n) is 10.0. The number of hydrogen-bond acceptors (Lipinski definition) is 5. The van der Waals surface area contributed by atoms with E-state index < -0.39 is 11.9 Å². The second-order valence-electron chi connectivity index (χ2n) is 7.85. The number of rotatable bonds is 6. The summed E-state index contributed by atoms with van der Waals surface area (Å²) < 4.78 is 25.9. The van der Waals surface area contributed by atoms with Crippen molar-refractivity contribution in [1.82, 2.24) is 4.98 Å². The minimum atomic E-state index is -0.666. The van der Waals surface area contributed by atoms with E-state index in [4.69, 9.17) is 9.47 Å². The molecule has 6 nitrogen and oxygen atoms in total. The van der Waals surface area contributed by atoms with Gasteiger partial charge in [-0.3, -0.25) is 9.59 Å². The molecule has 3 aliphatic rings. The molecule has 29 heavy (non-hydrogen) atoms. The molecule has 0 spiro atoms. The number of ketones is 1. The number of carbonyl (C=O) groups is 2. The number of Topliss-reactive ketones (excluding diaryl/α,β-unsaturated/α-hetero) is 1. The number of ether oxygens (including phenoxy) is 2. The minimum absolute atomic E-state index is 0.0734. The Morgan fingerprint density at radius 2 is 2.00 bits per heavy atom. The van der Waals surface area contributed by atoms with E-state index in [2.05, 4.69) is 4.98 Å². The maximum absolute atomic E-state index is 14.4. The number of benzene rings is 1. The molecule has 1 unspecified atom stereocenters. The molecule has 1 saturated carbocycles. The van der Waals surface area contributed by atoms with Crippen molar-refractivity contribution in [2.75, 3.05) is 18.1 Å². The number of hydrogen-bond donors (Lipinski definition) is 0. The minimum Gasteiger partial charge on any atom is -0.480 e. The predicted octanol–water partition coefficient (Wildman–Crippen LogP) is 3.32. The third-order valence-electron chi connectivity index (χ3n) is 5.70. The van der Waals surface area contributed by atoms with Gasteiger partial charge in [0.05, 0.1) is 6.61 Å². The molecule has 0 bridgehead atoms. The number of aromatic nitrogens is 1. The Morgan fingerprint density at radius 1 is 1.14 bits per heavy atom. The fourth-order valence-corrected chi connectivity index (χ4v) is 3.87. The summed E-state index contributed by atoms with van der Waals surface area (Å²) in [6.07, 6.45) is 4.54. The van der Waals surface area contributed by atoms with Gasteiger partial charge in [-0.1, -0.05) is 0 Å². The molecule has 7 heteroatoms. The van der Waals surface area contributed by atoms with Gasteiger partial charge in [-0.2, -0.15) is 0 Å². The van der Waals surface area contributed by atoms with E-state index in [1.807, 2.05) is 0 Å². The van der Waals surface area contributed by atoms with Gasteiger partial charge in [-0.25, -0.2) is 9.37 Å². The van der Waals surface area contributed by atoms with Gasteiger partial charge >= 0.3 is 0 Å². The van der Waals surface area contributed by atoms with Crippen molar-refractivity contribution in [2.45, 2.75) is 38.2 Å². The van der Waals surface area contributed by atoms with Crippen molar-refractivity contribution in [3.8, 4) is 11.6 Å². The molecule has 1 aromatic carbocycles. The van der Waals surface area contributed by atoms with Crippen LogP contribution in [0.2, 0.25) is 0 Å². The van der Waals surface area contributed by atoms with Crippen LogP contribution in [0.4, 0.5) is 10.1 Å². The quantitative estimate of drug-likeness (QED) is 0.749. The Hall–Kier alpha value is -2.96. The summed E-state index contributed by atoms with van der Waals surface area (Å²) >= 11 is 0. The summed E-state index contributed by atoms with van der Waals surface area (Å²) in [6, 6.07) is 6.35. The topological polar surface area (TPSA) is 68.7 Å². The summed E-state index contributed by atoms with van der Waals surface area (Å²) in [5, 5.41) is 0. The SMILES string of the molecule is O=C1CCc2c(F)cc(N3CCC(Oc4ccnc(OCC5CC5)c4)C3=O)cc21. The molecular weight excluding hydrogens is 375 g/mol. The van der Waals surface area contributed by atoms with Gasteiger partial charge in [0.2, 0.25) is 5.88 Å². The van der Waals surface area contributed by atoms with Gasteiger partial charge in [0.25, 0.3) is 5.91 Å². The van der Waals surface area contributed by atoms with Crippen molar-refractivity contribution < 1.29 is 23.5 Å². The molecule has 1 aromatic heterocycles. The van der Waals surface area contributed by atoms with Crippen molar-refractivity contribution >= 4 is 17.4 Å². The van der Waals surface area contributed by atoms with Crippen LogP contribution in [0.3, 0.4) is 0 Å². The highest BCUT2D eigenvalue weighted by Gasteiger charge is 2.36. The molecule has 2 aliphatic carbocycles. The Kier molecular flexibility index (Phi) is 4.45. The monoisotopic (exact) mass is 396 g/mol. The van der Waals surface area contributed by atoms with Gasteiger partial charge in [-0.05, 0) is 48.9 Å². The molecule has 5 rings (SSSR count). The van der Waals surface area contributed by atoms with E-state index in [1.165, 1.54) is 23.8 Å². The molecule has 1 aliphatic heterocycles. The molecule has 1 atom stereocenters. The van der Waals surface area contributed by atoms with Crippen molar-refractivity contribution in [3.05, 3.63) is 47.4 Å². The number of amides is 1. The van der Waals surface area contributed by atoms with Crippen LogP contribution in [-0.2, 0) is 11.2 Å². The highest BCUT2D eigenvalue weighted by Crippen LogP contribution is 2.33. The lowest BCUT2D eigenvalue weighted by Crippen LogP contribution is -2.32. The predicted molar refractivity (Wildman–Crippen MR) is 103 cm³/mol. The van der Waals surface area contributed by atoms with Crippen molar-refractivity contribution in [1.29, 1.82) is 0 Å². The standard InChI is InChI=1S/C22H21FN2O4/c23-18-10-14(9-17-16(18)3-4-19(17)26)25-8-6-20(22(25)27)29-15-5-7-24-21(11-15)28-12-13-1-2-13/h5,7,9-11,13,20H,1-4,6,8,12H2. The third kappa shape index (κ3) is 3.57. The maximum atomic E-state index is 14.4. The van der Waals surface area contributed by atoms with Crippen LogP contribution in [0.5, 0.6) is 11.6 Å². The largest absolute Gasteiger partial charge is 0.480 e. The number of pyridine rings is 1. The Balaban J connectivity index is 1.29. The number of halogens is 1. The molecule has 150 valence electrons. The van der Waals surface area contributed by atoms with Crippen LogP contribution in [0.15, 0.2) is 30.5 Å². The first-order chi connectivity index (χ1) is 14.1. The molecule has 2 fully saturated rings. The molecule has 2 heterocycles. The zero-order chi connectivity index (χ0) is 20.0. The highest BCUT2D eigenvalue weighted by atomic mass is 19.1. The van der Waals surface area contributed by atoms with Crippen LogP contribution in [0.25, 0.3) is 0 Å². The summed E-state index contributed by atoms with van der Waals surface area (Å²) in [6.45, 7) is 1.06. The maximum Gasteiger partial charge on any atom is 0.268 e. The molecular formula is C22H21FN2O4. The Bertz CT molecular complexity index is 989. The summed E-state index contributed by atoms with van der Waals surface area (Å²) in [5.74, 6) is 0.873. The zero-order valence-electron chi connectivity index (χ0n) is 15.9. The van der Waals surface area contributed by atoms with E-state index in [0.717, 1.165) is 0 Å². The fourth-order valence-electron chi connectivity index (χ4n) is 3.87. The smallest absolute Gasteiger partial charge is 0.268 e. The van der Waals surface area contributed by atoms with Crippen LogP contribution in [0, 0.1) is 11.7 Å². The normalized spacial score (nSPS) is 20.9. The second kappa shape index (κ2) is 7.13. The number of nitrogens with zero attached hydrogens (tertiary/aromatic N) is 2. The second-order valence-corrected chi connectivity index (χ2v) is 7.85. The fraction of sp³-hybridized carbons (Fsp3) is 0.409. The summed E-state index contributed by atoms with van der Waals surface area (Å²) in [4.78, 5) is 30.5. The Labute approximate surface area is 167 Å². The van der Waals surface area contributed by atoms with Crippen molar-refractivity contribution in [3.63, 3.8) is 0 Å². The third-order valence-corrected chi connectivity index (χ3v) is 5.70. The number of carbonyl (C=O) groups excluding carboxylic acids is 2. The molecule has 1 amide bonds. The summed E-state index contributed by atoms with van der Waals surface area (Å²) in [5.41, 5.74) is 1.26. The first-order valence-corrected chi connectivity index (χ1v) is 10.0. The molecule has 0 N–H and O–H groups in total. The van der Waals surface area contributed by atoms with Crippen molar-refractivity contribution in [2.24, 2.45) is 5.92 Å². The van der Waals surface area contributed by atoms with E-state index in [0.29, 0.717) is 66.8 Å². The van der Waals surface area contributed by atoms with E-state index >= 15 is 0 Å². The van der Waals surface area contributed by atoms with E-state index in [9.17, 15) is 14.0 Å². The van der Waals surface area contributed by atoms with Crippen LogP contribution in [-0.4, -0.2) is 35.9 Å². The highest BCUT2D eigenvalue weighted by molar-refractivity contribution is 6.04. The van der Waals surface area contributed by atoms with Crippen LogP contribution >= 0.6 is 0 Å². The number of fused-ring (bicyclic) bond motifs is 1. The molecule has 0 radical (unpaired) electrons. The van der Waals surface area contributed by atoms with E-state index in [1.54, 1.807) is 24.4 Å². The van der Waals surface area contributed by atoms with Gasteiger partial charge < -0.3 is 14.4 Å².